The number of carboxylic acid groups (broad SMARTS) is 1. The van der Waals surface area contributed by atoms with E-state index < -0.39 is 11.8 Å². The van der Waals surface area contributed by atoms with E-state index in [1.807, 2.05) is 0 Å². The molecular weight excluding hydrogens is 263 g/mol. The number of hydrogen-bond acceptors (Lipinski definition) is 4. The van der Waals surface area contributed by atoms with E-state index in [9.17, 15) is 9.18 Å². The van der Waals surface area contributed by atoms with Crippen LogP contribution in [0.1, 0.15) is 10.4 Å². The van der Waals surface area contributed by atoms with Crippen molar-refractivity contribution in [1.82, 2.24) is 9.97 Å². The van der Waals surface area contributed by atoms with Crippen LogP contribution < -0.4 is 4.74 Å². The van der Waals surface area contributed by atoms with Crippen LogP contribution in [-0.4, -0.2) is 21.0 Å². The van der Waals surface area contributed by atoms with Crippen LogP contribution in [0.15, 0.2) is 30.6 Å². The highest BCUT2D eigenvalue weighted by atomic mass is 35.5. The average Bonchev–Trinajstić information content (AvgIpc) is 2.34. The van der Waals surface area contributed by atoms with Crippen LogP contribution in [0.25, 0.3) is 0 Å². The second kappa shape index (κ2) is 4.97. The van der Waals surface area contributed by atoms with Gasteiger partial charge in [-0.1, -0.05) is 11.6 Å². The SMILES string of the molecule is O=C(O)c1ccc(Oc2ncc(F)cn2)c(Cl)c1. The van der Waals surface area contributed by atoms with Crippen LogP contribution in [0, 0.1) is 5.82 Å². The van der Waals surface area contributed by atoms with E-state index in [0.29, 0.717) is 0 Å². The highest BCUT2D eigenvalue weighted by molar-refractivity contribution is 6.32. The van der Waals surface area contributed by atoms with Gasteiger partial charge < -0.3 is 9.84 Å². The van der Waals surface area contributed by atoms with E-state index >= 15 is 0 Å². The average molecular weight is 269 g/mol. The molecule has 0 atom stereocenters. The molecule has 0 fully saturated rings. The van der Waals surface area contributed by atoms with E-state index in [1.165, 1.54) is 18.2 Å². The predicted molar refractivity (Wildman–Crippen MR) is 60.5 cm³/mol. The highest BCUT2D eigenvalue weighted by Gasteiger charge is 2.09. The molecule has 0 amide bonds. The lowest BCUT2D eigenvalue weighted by Gasteiger charge is -2.05. The molecule has 0 radical (unpaired) electrons. The fraction of sp³-hybridized carbons (Fsp3) is 0. The summed E-state index contributed by atoms with van der Waals surface area (Å²) < 4.78 is 17.8. The monoisotopic (exact) mass is 268 g/mol. The number of aromatic nitrogens is 2. The summed E-state index contributed by atoms with van der Waals surface area (Å²) in [5.41, 5.74) is 0.0346. The maximum atomic E-state index is 12.6. The maximum absolute atomic E-state index is 12.6. The fourth-order valence-electron chi connectivity index (χ4n) is 1.17. The molecule has 7 heteroatoms. The minimum atomic E-state index is -1.10. The van der Waals surface area contributed by atoms with E-state index in [2.05, 4.69) is 9.97 Å². The molecule has 0 saturated heterocycles. The van der Waals surface area contributed by atoms with Crippen LogP contribution in [0.2, 0.25) is 5.02 Å². The van der Waals surface area contributed by atoms with Crippen molar-refractivity contribution in [2.75, 3.05) is 0 Å². The number of aromatic carboxylic acids is 1. The van der Waals surface area contributed by atoms with Crippen molar-refractivity contribution in [3.63, 3.8) is 0 Å². The molecule has 0 aliphatic carbocycles. The molecule has 1 heterocycles. The Kier molecular flexibility index (Phi) is 3.38. The molecule has 0 bridgehead atoms. The maximum Gasteiger partial charge on any atom is 0.335 e. The molecule has 0 aliphatic rings. The Balaban J connectivity index is 2.24. The first-order valence-electron chi connectivity index (χ1n) is 4.74. The molecule has 0 spiro atoms. The Labute approximate surface area is 106 Å². The largest absolute Gasteiger partial charge is 0.478 e. The van der Waals surface area contributed by atoms with Crippen molar-refractivity contribution < 1.29 is 19.0 Å². The second-order valence-electron chi connectivity index (χ2n) is 3.24. The van der Waals surface area contributed by atoms with E-state index in [1.54, 1.807) is 0 Å². The number of benzene rings is 1. The van der Waals surface area contributed by atoms with Crippen LogP contribution in [0.3, 0.4) is 0 Å². The lowest BCUT2D eigenvalue weighted by Crippen LogP contribution is -1.97. The number of halogens is 2. The van der Waals surface area contributed by atoms with Gasteiger partial charge in [0.25, 0.3) is 0 Å². The topological polar surface area (TPSA) is 72.3 Å². The fourth-order valence-corrected chi connectivity index (χ4v) is 1.39. The first kappa shape index (κ1) is 12.3. The Hall–Kier alpha value is -2.21. The van der Waals surface area contributed by atoms with Crippen molar-refractivity contribution in [3.8, 4) is 11.8 Å². The Bertz CT molecular complexity index is 589. The smallest absolute Gasteiger partial charge is 0.335 e. The summed E-state index contributed by atoms with van der Waals surface area (Å²) in [6, 6.07) is 3.86. The van der Waals surface area contributed by atoms with Gasteiger partial charge in [0.05, 0.1) is 23.0 Å². The van der Waals surface area contributed by atoms with Crippen LogP contribution >= 0.6 is 11.6 Å². The predicted octanol–water partition coefficient (Wildman–Crippen LogP) is 2.76. The minimum Gasteiger partial charge on any atom is -0.478 e. The van der Waals surface area contributed by atoms with Crippen LogP contribution in [0.5, 0.6) is 11.8 Å². The van der Waals surface area contributed by atoms with Crippen LogP contribution in [-0.2, 0) is 0 Å². The number of carbonyl (C=O) groups is 1. The summed E-state index contributed by atoms with van der Waals surface area (Å²) in [5, 5.41) is 8.85. The Morgan fingerprint density at radius 2 is 2.00 bits per heavy atom. The van der Waals surface area contributed by atoms with Gasteiger partial charge in [0, 0.05) is 0 Å². The third-order valence-corrected chi connectivity index (χ3v) is 2.27. The summed E-state index contributed by atoms with van der Waals surface area (Å²) in [4.78, 5) is 17.9. The molecule has 2 aromatic rings. The standard InChI is InChI=1S/C11H6ClFN2O3/c12-8-3-6(10(16)17)1-2-9(8)18-11-14-4-7(13)5-15-11/h1-5H,(H,16,17). The molecule has 0 aliphatic heterocycles. The molecular formula is C11H6ClFN2O3. The van der Waals surface area contributed by atoms with Crippen molar-refractivity contribution in [2.24, 2.45) is 0 Å². The summed E-state index contributed by atoms with van der Waals surface area (Å²) >= 11 is 5.84. The molecule has 92 valence electrons. The van der Waals surface area contributed by atoms with Gasteiger partial charge >= 0.3 is 12.0 Å². The minimum absolute atomic E-state index is 0.0346. The van der Waals surface area contributed by atoms with E-state index in [4.69, 9.17) is 21.4 Å². The number of ether oxygens (including phenoxy) is 1. The van der Waals surface area contributed by atoms with Crippen molar-refractivity contribution in [2.45, 2.75) is 0 Å². The number of hydrogen-bond donors (Lipinski definition) is 1. The first-order chi connectivity index (χ1) is 8.56. The molecule has 0 unspecified atom stereocenters. The number of nitrogens with zero attached hydrogens (tertiary/aromatic N) is 2. The summed E-state index contributed by atoms with van der Waals surface area (Å²) in [6.45, 7) is 0. The van der Waals surface area contributed by atoms with E-state index in [0.717, 1.165) is 12.4 Å². The number of carboxylic acids is 1. The molecule has 5 nitrogen and oxygen atoms in total. The van der Waals surface area contributed by atoms with Crippen LogP contribution in [0.4, 0.5) is 4.39 Å². The molecule has 1 aromatic carbocycles. The van der Waals surface area contributed by atoms with Gasteiger partial charge in [-0.3, -0.25) is 0 Å². The lowest BCUT2D eigenvalue weighted by atomic mass is 10.2. The summed E-state index contributed by atoms with van der Waals surface area (Å²) in [6.07, 6.45) is 1.89. The van der Waals surface area contributed by atoms with Crippen molar-refractivity contribution in [1.29, 1.82) is 0 Å². The third-order valence-electron chi connectivity index (χ3n) is 1.98. The van der Waals surface area contributed by atoms with Gasteiger partial charge in [-0.05, 0) is 18.2 Å². The van der Waals surface area contributed by atoms with Gasteiger partial charge in [0.2, 0.25) is 0 Å². The zero-order valence-electron chi connectivity index (χ0n) is 8.80. The third kappa shape index (κ3) is 2.72. The van der Waals surface area contributed by atoms with Gasteiger partial charge in [0.15, 0.2) is 5.82 Å². The summed E-state index contributed by atoms with van der Waals surface area (Å²) in [7, 11) is 0. The zero-order valence-corrected chi connectivity index (χ0v) is 9.56. The summed E-state index contributed by atoms with van der Waals surface area (Å²) in [5.74, 6) is -1.50. The van der Waals surface area contributed by atoms with Gasteiger partial charge in [0.1, 0.15) is 5.75 Å². The molecule has 1 aromatic heterocycles. The Morgan fingerprint density at radius 1 is 1.33 bits per heavy atom. The van der Waals surface area contributed by atoms with Crippen molar-refractivity contribution in [3.05, 3.63) is 47.0 Å². The van der Waals surface area contributed by atoms with E-state index in [-0.39, 0.29) is 22.3 Å². The molecule has 2 rings (SSSR count). The highest BCUT2D eigenvalue weighted by Crippen LogP contribution is 2.28. The van der Waals surface area contributed by atoms with Gasteiger partial charge in [-0.15, -0.1) is 0 Å². The lowest BCUT2D eigenvalue weighted by molar-refractivity contribution is 0.0697. The molecule has 1 N–H and O–H groups in total. The van der Waals surface area contributed by atoms with Gasteiger partial charge in [-0.25, -0.2) is 19.2 Å². The molecule has 0 saturated carbocycles. The quantitative estimate of drug-likeness (QED) is 0.927. The number of rotatable bonds is 3. The van der Waals surface area contributed by atoms with Gasteiger partial charge in [-0.2, -0.15) is 0 Å². The first-order valence-corrected chi connectivity index (χ1v) is 5.12. The second-order valence-corrected chi connectivity index (χ2v) is 3.64. The van der Waals surface area contributed by atoms with Crippen molar-refractivity contribution >= 4 is 17.6 Å². The molecule has 18 heavy (non-hydrogen) atoms. The zero-order chi connectivity index (χ0) is 13.1. The Morgan fingerprint density at radius 3 is 2.56 bits per heavy atom. The normalized spacial score (nSPS) is 10.1.